The molecule has 0 saturated carbocycles. The lowest BCUT2D eigenvalue weighted by Crippen LogP contribution is -2.33. The third-order valence-corrected chi connectivity index (χ3v) is 3.54. The van der Waals surface area contributed by atoms with E-state index in [9.17, 15) is 0 Å². The van der Waals surface area contributed by atoms with E-state index in [-0.39, 0.29) is 0 Å². The topological polar surface area (TPSA) is 12.0 Å². The first kappa shape index (κ1) is 13.3. The van der Waals surface area contributed by atoms with Gasteiger partial charge in [-0.1, -0.05) is 13.8 Å². The van der Waals surface area contributed by atoms with Crippen LogP contribution >= 0.6 is 11.8 Å². The van der Waals surface area contributed by atoms with Crippen LogP contribution in [-0.4, -0.2) is 25.1 Å². The molecule has 0 aromatic heterocycles. The second kappa shape index (κ2) is 7.69. The predicted octanol–water partition coefficient (Wildman–Crippen LogP) is 3.01. The molecular formula is C11H25NS. The third kappa shape index (κ3) is 5.58. The molecule has 0 aliphatic rings. The Hall–Kier alpha value is 0.310. The van der Waals surface area contributed by atoms with Crippen molar-refractivity contribution in [2.24, 2.45) is 11.8 Å². The van der Waals surface area contributed by atoms with Crippen LogP contribution in [0.2, 0.25) is 0 Å². The molecule has 0 aromatic carbocycles. The van der Waals surface area contributed by atoms with Gasteiger partial charge in [-0.25, -0.2) is 0 Å². The monoisotopic (exact) mass is 203 g/mol. The average molecular weight is 203 g/mol. The SMILES string of the molecule is CNC(C)C(CCCSC)C(C)C. The molecule has 0 aliphatic heterocycles. The number of hydrogen-bond donors (Lipinski definition) is 1. The summed E-state index contributed by atoms with van der Waals surface area (Å²) < 4.78 is 0. The fourth-order valence-electron chi connectivity index (χ4n) is 1.84. The van der Waals surface area contributed by atoms with E-state index >= 15 is 0 Å². The Morgan fingerprint density at radius 2 is 1.85 bits per heavy atom. The van der Waals surface area contributed by atoms with Gasteiger partial charge in [-0.2, -0.15) is 11.8 Å². The molecule has 0 rings (SSSR count). The minimum Gasteiger partial charge on any atom is -0.317 e. The largest absolute Gasteiger partial charge is 0.317 e. The van der Waals surface area contributed by atoms with Crippen LogP contribution < -0.4 is 5.32 Å². The van der Waals surface area contributed by atoms with Crippen LogP contribution in [0.5, 0.6) is 0 Å². The summed E-state index contributed by atoms with van der Waals surface area (Å²) in [5.41, 5.74) is 0. The summed E-state index contributed by atoms with van der Waals surface area (Å²) in [7, 11) is 2.06. The summed E-state index contributed by atoms with van der Waals surface area (Å²) in [5, 5.41) is 3.37. The van der Waals surface area contributed by atoms with Gasteiger partial charge in [0.15, 0.2) is 0 Å². The summed E-state index contributed by atoms with van der Waals surface area (Å²) in [6.45, 7) is 6.96. The number of thioether (sulfide) groups is 1. The Morgan fingerprint density at radius 3 is 2.23 bits per heavy atom. The molecule has 0 saturated heterocycles. The van der Waals surface area contributed by atoms with Gasteiger partial charge in [0.1, 0.15) is 0 Å². The molecule has 2 atom stereocenters. The minimum atomic E-state index is 0.654. The number of nitrogens with one attached hydrogen (secondary N) is 1. The second-order valence-corrected chi connectivity index (χ2v) is 5.11. The molecule has 1 nitrogen and oxygen atoms in total. The highest BCUT2D eigenvalue weighted by atomic mass is 32.2. The van der Waals surface area contributed by atoms with Gasteiger partial charge >= 0.3 is 0 Å². The van der Waals surface area contributed by atoms with E-state index < -0.39 is 0 Å². The van der Waals surface area contributed by atoms with Crippen molar-refractivity contribution in [3.05, 3.63) is 0 Å². The van der Waals surface area contributed by atoms with Gasteiger partial charge in [0.05, 0.1) is 0 Å². The van der Waals surface area contributed by atoms with Crippen LogP contribution in [0.25, 0.3) is 0 Å². The van der Waals surface area contributed by atoms with Crippen LogP contribution in [-0.2, 0) is 0 Å². The van der Waals surface area contributed by atoms with E-state index in [0.717, 1.165) is 11.8 Å². The Morgan fingerprint density at radius 1 is 1.23 bits per heavy atom. The highest BCUT2D eigenvalue weighted by Gasteiger charge is 2.18. The van der Waals surface area contributed by atoms with Crippen molar-refractivity contribution in [3.8, 4) is 0 Å². The molecule has 0 fully saturated rings. The highest BCUT2D eigenvalue weighted by molar-refractivity contribution is 7.98. The lowest BCUT2D eigenvalue weighted by Gasteiger charge is -2.27. The Kier molecular flexibility index (Phi) is 7.87. The van der Waals surface area contributed by atoms with Crippen molar-refractivity contribution in [2.45, 2.75) is 39.7 Å². The summed E-state index contributed by atoms with van der Waals surface area (Å²) in [4.78, 5) is 0. The van der Waals surface area contributed by atoms with Crippen LogP contribution in [0.4, 0.5) is 0 Å². The standard InChI is InChI=1S/C11H25NS/c1-9(2)11(10(3)12-4)7-6-8-13-5/h9-12H,6-8H2,1-5H3. The van der Waals surface area contributed by atoms with Crippen molar-refractivity contribution in [1.82, 2.24) is 5.32 Å². The smallest absolute Gasteiger partial charge is 0.00664 e. The van der Waals surface area contributed by atoms with Gasteiger partial charge in [-0.15, -0.1) is 0 Å². The van der Waals surface area contributed by atoms with Gasteiger partial charge in [0.25, 0.3) is 0 Å². The van der Waals surface area contributed by atoms with Crippen LogP contribution in [0, 0.1) is 11.8 Å². The van der Waals surface area contributed by atoms with Crippen LogP contribution in [0.1, 0.15) is 33.6 Å². The zero-order chi connectivity index (χ0) is 10.3. The molecule has 0 radical (unpaired) electrons. The molecule has 0 heterocycles. The molecule has 2 unspecified atom stereocenters. The van der Waals surface area contributed by atoms with Crippen molar-refractivity contribution in [3.63, 3.8) is 0 Å². The van der Waals surface area contributed by atoms with E-state index in [2.05, 4.69) is 39.4 Å². The normalized spacial score (nSPS) is 16.2. The maximum absolute atomic E-state index is 3.37. The molecule has 0 bridgehead atoms. The van der Waals surface area contributed by atoms with Gasteiger partial charge in [-0.05, 0) is 50.7 Å². The fourth-order valence-corrected chi connectivity index (χ4v) is 2.29. The van der Waals surface area contributed by atoms with Crippen molar-refractivity contribution in [2.75, 3.05) is 19.1 Å². The van der Waals surface area contributed by atoms with Crippen molar-refractivity contribution in [1.29, 1.82) is 0 Å². The number of hydrogen-bond acceptors (Lipinski definition) is 2. The zero-order valence-electron chi connectivity index (χ0n) is 9.76. The predicted molar refractivity (Wildman–Crippen MR) is 64.5 cm³/mol. The van der Waals surface area contributed by atoms with Gasteiger partial charge in [0, 0.05) is 6.04 Å². The lowest BCUT2D eigenvalue weighted by molar-refractivity contribution is 0.282. The van der Waals surface area contributed by atoms with E-state index in [0.29, 0.717) is 6.04 Å². The molecule has 0 amide bonds. The quantitative estimate of drug-likeness (QED) is 0.638. The summed E-state index contributed by atoms with van der Waals surface area (Å²) >= 11 is 1.95. The third-order valence-electron chi connectivity index (χ3n) is 2.84. The molecule has 0 aromatic rings. The van der Waals surface area contributed by atoms with Crippen LogP contribution in [0.15, 0.2) is 0 Å². The molecule has 1 N–H and O–H groups in total. The minimum absolute atomic E-state index is 0.654. The van der Waals surface area contributed by atoms with Gasteiger partial charge in [-0.3, -0.25) is 0 Å². The summed E-state index contributed by atoms with van der Waals surface area (Å²) in [5.74, 6) is 2.93. The molecule has 0 aliphatic carbocycles. The van der Waals surface area contributed by atoms with E-state index in [1.807, 2.05) is 11.8 Å². The van der Waals surface area contributed by atoms with Crippen LogP contribution in [0.3, 0.4) is 0 Å². The van der Waals surface area contributed by atoms with Crippen molar-refractivity contribution < 1.29 is 0 Å². The first-order chi connectivity index (χ1) is 6.13. The Labute approximate surface area is 88.1 Å². The molecule has 2 heteroatoms. The van der Waals surface area contributed by atoms with Gasteiger partial charge in [0.2, 0.25) is 0 Å². The fraction of sp³-hybridized carbons (Fsp3) is 1.00. The maximum Gasteiger partial charge on any atom is 0.00664 e. The molecule has 80 valence electrons. The summed E-state index contributed by atoms with van der Waals surface area (Å²) in [6, 6.07) is 0.654. The zero-order valence-corrected chi connectivity index (χ0v) is 10.6. The lowest BCUT2D eigenvalue weighted by atomic mass is 9.86. The summed E-state index contributed by atoms with van der Waals surface area (Å²) in [6.07, 6.45) is 4.91. The van der Waals surface area contributed by atoms with Crippen molar-refractivity contribution >= 4 is 11.8 Å². The van der Waals surface area contributed by atoms with Gasteiger partial charge < -0.3 is 5.32 Å². The Balaban J connectivity index is 3.80. The molecule has 13 heavy (non-hydrogen) atoms. The average Bonchev–Trinajstić information content (AvgIpc) is 2.11. The molecular weight excluding hydrogens is 178 g/mol. The Bertz CT molecular complexity index is 115. The maximum atomic E-state index is 3.37. The second-order valence-electron chi connectivity index (χ2n) is 4.12. The highest BCUT2D eigenvalue weighted by Crippen LogP contribution is 2.21. The first-order valence-corrected chi connectivity index (χ1v) is 6.69. The van der Waals surface area contributed by atoms with E-state index in [1.54, 1.807) is 0 Å². The van der Waals surface area contributed by atoms with E-state index in [4.69, 9.17) is 0 Å². The first-order valence-electron chi connectivity index (χ1n) is 5.29. The van der Waals surface area contributed by atoms with E-state index in [1.165, 1.54) is 18.6 Å². The number of rotatable bonds is 7. The molecule has 0 spiro atoms.